The Bertz CT molecular complexity index is 919. The second-order valence-electron chi connectivity index (χ2n) is 4.97. The first-order valence-corrected chi connectivity index (χ1v) is 8.77. The van der Waals surface area contributed by atoms with Gasteiger partial charge in [0.15, 0.2) is 5.65 Å². The predicted octanol–water partition coefficient (Wildman–Crippen LogP) is 4.55. The topological polar surface area (TPSA) is 64.3 Å². The summed E-state index contributed by atoms with van der Waals surface area (Å²) in [6.07, 6.45) is 0. The van der Waals surface area contributed by atoms with Gasteiger partial charge in [-0.25, -0.2) is 0 Å². The van der Waals surface area contributed by atoms with Gasteiger partial charge < -0.3 is 17.3 Å². The summed E-state index contributed by atoms with van der Waals surface area (Å²) in [6, 6.07) is 7.50. The van der Waals surface area contributed by atoms with Crippen LogP contribution in [-0.2, 0) is 39.8 Å². The van der Waals surface area contributed by atoms with Gasteiger partial charge in [-0.2, -0.15) is 4.98 Å². The number of rotatable bonds is 3. The van der Waals surface area contributed by atoms with E-state index in [2.05, 4.69) is 4.98 Å². The molecule has 2 heterocycles. The van der Waals surface area contributed by atoms with Crippen molar-refractivity contribution in [3.8, 4) is 22.1 Å². The monoisotopic (exact) mass is 450 g/mol. The molecule has 0 saturated carbocycles. The maximum atomic E-state index is 12.7. The van der Waals surface area contributed by atoms with E-state index in [9.17, 15) is 9.90 Å². The summed E-state index contributed by atoms with van der Waals surface area (Å²) < 4.78 is 7.40. The van der Waals surface area contributed by atoms with E-state index in [0.29, 0.717) is 27.7 Å². The number of hydrogen-bond donors (Lipinski definition) is 1. The number of hydrogen-bond acceptors (Lipinski definition) is 5. The minimum Gasteiger partial charge on any atom is -0.505 e. The Labute approximate surface area is 183 Å². The van der Waals surface area contributed by atoms with Crippen LogP contribution in [0.25, 0.3) is 21.5 Å². The number of nitrogens with zero attached hydrogens (tertiary/aromatic N) is 2. The molecule has 0 bridgehead atoms. The van der Waals surface area contributed by atoms with E-state index in [-0.39, 0.29) is 51.4 Å². The van der Waals surface area contributed by atoms with Gasteiger partial charge >= 0.3 is 0 Å². The van der Waals surface area contributed by atoms with Crippen LogP contribution in [0.1, 0.15) is 26.3 Å². The number of aryl methyl sites for hydroxylation is 2. The van der Waals surface area contributed by atoms with Gasteiger partial charge in [-0.15, -0.1) is 0 Å². The molecule has 7 heteroatoms. The minimum atomic E-state index is -0.271. The number of aromatic nitrogens is 2. The SMILES string of the molecule is CC.CCOc1nc2c(s1)c(O)c(-c1ccccc1C)c(=O)n2C.[CH3-].[Y]. The summed E-state index contributed by atoms with van der Waals surface area (Å²) in [5.41, 5.74) is 2.14. The molecule has 139 valence electrons. The van der Waals surface area contributed by atoms with Gasteiger partial charge in [0.05, 0.1) is 12.2 Å². The summed E-state index contributed by atoms with van der Waals surface area (Å²) in [7, 11) is 1.65. The summed E-state index contributed by atoms with van der Waals surface area (Å²) in [5.74, 6) is -0.0316. The molecule has 3 rings (SSSR count). The van der Waals surface area contributed by atoms with E-state index in [4.69, 9.17) is 4.74 Å². The van der Waals surface area contributed by atoms with E-state index in [1.807, 2.05) is 52.0 Å². The number of ether oxygens (including phenoxy) is 1. The number of pyridine rings is 1. The predicted molar refractivity (Wildman–Crippen MR) is 106 cm³/mol. The van der Waals surface area contributed by atoms with Crippen LogP contribution in [0.3, 0.4) is 0 Å². The quantitative estimate of drug-likeness (QED) is 0.595. The van der Waals surface area contributed by atoms with E-state index >= 15 is 0 Å². The first-order chi connectivity index (χ1) is 11.5. The molecule has 0 spiro atoms. The zero-order valence-electron chi connectivity index (χ0n) is 16.2. The van der Waals surface area contributed by atoms with Gasteiger partial charge in [0, 0.05) is 39.8 Å². The number of aromatic hydroxyl groups is 1. The molecule has 0 aliphatic heterocycles. The molecule has 0 atom stereocenters. The van der Waals surface area contributed by atoms with Crippen LogP contribution < -0.4 is 10.3 Å². The fourth-order valence-corrected chi connectivity index (χ4v) is 3.39. The van der Waals surface area contributed by atoms with Crippen LogP contribution in [0.2, 0.25) is 0 Å². The standard InChI is InChI=1S/C16H16N2O3S.C2H6.CH3.Y/c1-4-21-16-17-14-13(22-16)12(19)11(15(20)18(14)3)10-8-6-5-7-9(10)2;1-2;;/h5-8,19H,4H2,1-3H3;1-2H3;1H3;/q;;-1;. The number of fused-ring (bicyclic) bond motifs is 1. The van der Waals surface area contributed by atoms with Crippen molar-refractivity contribution in [1.82, 2.24) is 9.55 Å². The first-order valence-electron chi connectivity index (χ1n) is 7.95. The van der Waals surface area contributed by atoms with Crippen LogP contribution in [0, 0.1) is 14.4 Å². The molecule has 0 unspecified atom stereocenters. The molecule has 0 aliphatic carbocycles. The van der Waals surface area contributed by atoms with Crippen molar-refractivity contribution in [2.24, 2.45) is 7.05 Å². The Kier molecular flexibility index (Phi) is 10.3. The van der Waals surface area contributed by atoms with Crippen LogP contribution in [0.4, 0.5) is 0 Å². The third kappa shape index (κ3) is 4.53. The van der Waals surface area contributed by atoms with Crippen LogP contribution in [-0.4, -0.2) is 21.3 Å². The van der Waals surface area contributed by atoms with Crippen molar-refractivity contribution in [1.29, 1.82) is 0 Å². The zero-order valence-corrected chi connectivity index (χ0v) is 19.8. The van der Waals surface area contributed by atoms with E-state index < -0.39 is 0 Å². The van der Waals surface area contributed by atoms with Gasteiger partial charge in [-0.1, -0.05) is 49.4 Å². The summed E-state index contributed by atoms with van der Waals surface area (Å²) in [5, 5.41) is 11.1. The van der Waals surface area contributed by atoms with Crippen LogP contribution in [0.5, 0.6) is 10.9 Å². The van der Waals surface area contributed by atoms with Crippen molar-refractivity contribution in [3.63, 3.8) is 0 Å². The molecule has 5 nitrogen and oxygen atoms in total. The third-order valence-corrected chi connectivity index (χ3v) is 4.52. The molecule has 1 aromatic carbocycles. The summed E-state index contributed by atoms with van der Waals surface area (Å²) >= 11 is 1.24. The van der Waals surface area contributed by atoms with Crippen LogP contribution in [0.15, 0.2) is 29.1 Å². The molecule has 0 amide bonds. The third-order valence-electron chi connectivity index (χ3n) is 3.56. The number of thiazole rings is 1. The Morgan fingerprint density at radius 2 is 1.88 bits per heavy atom. The molecule has 26 heavy (non-hydrogen) atoms. The minimum absolute atomic E-state index is 0. The van der Waals surface area contributed by atoms with Crippen LogP contribution >= 0.6 is 11.3 Å². The van der Waals surface area contributed by atoms with Gasteiger partial charge in [0.25, 0.3) is 10.8 Å². The van der Waals surface area contributed by atoms with Gasteiger partial charge in [-0.05, 0) is 25.0 Å². The second-order valence-corrected chi connectivity index (χ2v) is 5.93. The molecule has 1 radical (unpaired) electrons. The molecule has 1 N–H and O–H groups in total. The normalized spacial score (nSPS) is 9.58. The summed E-state index contributed by atoms with van der Waals surface area (Å²) in [6.45, 7) is 8.26. The molecular weight excluding hydrogens is 425 g/mol. The number of benzene rings is 1. The molecular formula is C19H25N2O3SY-. The fourth-order valence-electron chi connectivity index (χ4n) is 2.43. The Hall–Kier alpha value is -1.24. The van der Waals surface area contributed by atoms with Crippen molar-refractivity contribution >= 4 is 21.7 Å². The Morgan fingerprint density at radius 3 is 2.46 bits per heavy atom. The van der Waals surface area contributed by atoms with E-state index in [1.54, 1.807) is 7.05 Å². The first kappa shape index (κ1) is 24.8. The van der Waals surface area contributed by atoms with E-state index in [1.165, 1.54) is 15.9 Å². The van der Waals surface area contributed by atoms with E-state index in [0.717, 1.165) is 11.1 Å². The second kappa shape index (κ2) is 10.8. The average molecular weight is 450 g/mol. The van der Waals surface area contributed by atoms with Crippen molar-refractivity contribution in [3.05, 3.63) is 47.6 Å². The molecule has 0 saturated heterocycles. The smallest absolute Gasteiger partial charge is 0.275 e. The van der Waals surface area contributed by atoms with Crippen molar-refractivity contribution < 1.29 is 42.6 Å². The molecule has 2 aromatic heterocycles. The molecule has 3 aromatic rings. The van der Waals surface area contributed by atoms with Crippen molar-refractivity contribution in [2.75, 3.05) is 6.61 Å². The fraction of sp³-hybridized carbons (Fsp3) is 0.316. The maximum absolute atomic E-state index is 12.7. The van der Waals surface area contributed by atoms with Gasteiger partial charge in [-0.3, -0.25) is 9.36 Å². The van der Waals surface area contributed by atoms with Gasteiger partial charge in [0.1, 0.15) is 10.4 Å². The molecule has 0 aliphatic rings. The largest absolute Gasteiger partial charge is 0.505 e. The maximum Gasteiger partial charge on any atom is 0.275 e. The average Bonchev–Trinajstić information content (AvgIpc) is 3.01. The Morgan fingerprint density at radius 1 is 1.27 bits per heavy atom. The van der Waals surface area contributed by atoms with Gasteiger partial charge in [0.2, 0.25) is 0 Å². The molecule has 0 fully saturated rings. The zero-order chi connectivity index (χ0) is 17.9. The van der Waals surface area contributed by atoms with Crippen molar-refractivity contribution in [2.45, 2.75) is 27.7 Å². The Balaban J connectivity index is 0.00000151. The summed E-state index contributed by atoms with van der Waals surface area (Å²) in [4.78, 5) is 16.9.